The highest BCUT2D eigenvalue weighted by Gasteiger charge is 2.25. The molecule has 3 N–H and O–H groups in total. The minimum Gasteiger partial charge on any atom is -0.367 e. The number of anilines is 3. The fourth-order valence-corrected chi connectivity index (χ4v) is 4.96. The van der Waals surface area contributed by atoms with Crippen LogP contribution in [0.4, 0.5) is 26.1 Å². The van der Waals surface area contributed by atoms with Gasteiger partial charge in [0.05, 0.1) is 10.7 Å². The van der Waals surface area contributed by atoms with E-state index in [4.69, 9.17) is 11.6 Å². The molecule has 0 saturated carbocycles. The van der Waals surface area contributed by atoms with Crippen LogP contribution >= 0.6 is 11.6 Å². The molecule has 0 spiro atoms. The first-order valence-corrected chi connectivity index (χ1v) is 11.9. The number of halogens is 3. The van der Waals surface area contributed by atoms with E-state index in [0.717, 1.165) is 72.1 Å². The zero-order valence-corrected chi connectivity index (χ0v) is 19.7. The molecular weight excluding hydrogens is 458 g/mol. The number of hydrogen-bond donors (Lipinski definition) is 3. The minimum atomic E-state index is -0.623. The van der Waals surface area contributed by atoms with Gasteiger partial charge in [-0.15, -0.1) is 0 Å². The van der Waals surface area contributed by atoms with Gasteiger partial charge in [0.25, 0.3) is 0 Å². The average Bonchev–Trinajstić information content (AvgIpc) is 2.85. The number of rotatable bonds is 5. The molecule has 9 heteroatoms. The first-order valence-electron chi connectivity index (χ1n) is 11.6. The van der Waals surface area contributed by atoms with Gasteiger partial charge in [-0.25, -0.2) is 18.7 Å². The summed E-state index contributed by atoms with van der Waals surface area (Å²) >= 11 is 6.12. The lowest BCUT2D eigenvalue weighted by Gasteiger charge is -2.34. The molecule has 0 bridgehead atoms. The topological polar surface area (TPSA) is 65.1 Å². The highest BCUT2D eigenvalue weighted by atomic mass is 35.5. The molecule has 1 unspecified atom stereocenters. The highest BCUT2D eigenvalue weighted by Crippen LogP contribution is 2.38. The van der Waals surface area contributed by atoms with Crippen molar-refractivity contribution in [3.63, 3.8) is 0 Å². The molecule has 2 aromatic heterocycles. The first-order chi connectivity index (χ1) is 16.5. The quantitative estimate of drug-likeness (QED) is 0.444. The standard InChI is InChI=1S/C25H27ClF2N6/c1-15-18(16-6-8-30-22(11-16)33-17-3-2-7-29-12-17)13-32-25-24(15)34(10-9-31-25)14-19-20(27)4-5-21(28)23(19)26/h4-6,8,11,13,17,29H,2-3,7,9-10,12,14H2,1H3,(H,30,33)(H,31,32). The van der Waals surface area contributed by atoms with Crippen LogP contribution in [-0.2, 0) is 6.54 Å². The maximum atomic E-state index is 14.5. The van der Waals surface area contributed by atoms with Crippen molar-refractivity contribution in [1.29, 1.82) is 0 Å². The van der Waals surface area contributed by atoms with Gasteiger partial charge in [0.2, 0.25) is 0 Å². The predicted molar refractivity (Wildman–Crippen MR) is 133 cm³/mol. The fourth-order valence-electron chi connectivity index (χ4n) is 4.74. The van der Waals surface area contributed by atoms with Crippen molar-refractivity contribution in [3.8, 4) is 11.1 Å². The minimum absolute atomic E-state index is 0.149. The Kier molecular flexibility index (Phi) is 6.52. The summed E-state index contributed by atoms with van der Waals surface area (Å²) in [6.07, 6.45) is 5.90. The van der Waals surface area contributed by atoms with Crippen molar-refractivity contribution in [2.45, 2.75) is 32.4 Å². The first kappa shape index (κ1) is 22.8. The fraction of sp³-hybridized carbons (Fsp3) is 0.360. The number of aromatic nitrogens is 2. The molecule has 0 radical (unpaired) electrons. The Morgan fingerprint density at radius 3 is 2.85 bits per heavy atom. The summed E-state index contributed by atoms with van der Waals surface area (Å²) in [4.78, 5) is 11.2. The zero-order valence-electron chi connectivity index (χ0n) is 19.0. The van der Waals surface area contributed by atoms with Crippen molar-refractivity contribution in [2.24, 2.45) is 0 Å². The molecule has 0 aliphatic carbocycles. The van der Waals surface area contributed by atoms with Crippen molar-refractivity contribution in [1.82, 2.24) is 15.3 Å². The number of piperidine rings is 1. The van der Waals surface area contributed by atoms with Gasteiger partial charge in [0.1, 0.15) is 23.3 Å². The van der Waals surface area contributed by atoms with Crippen LogP contribution < -0.4 is 20.9 Å². The van der Waals surface area contributed by atoms with Crippen LogP contribution in [0.2, 0.25) is 5.02 Å². The highest BCUT2D eigenvalue weighted by molar-refractivity contribution is 6.31. The molecule has 3 aromatic rings. The SMILES string of the molecule is Cc1c(-c2ccnc(NC3CCCNC3)c2)cnc2c1N(Cc1c(F)ccc(F)c1Cl)CCN2. The molecule has 178 valence electrons. The lowest BCUT2D eigenvalue weighted by molar-refractivity contribution is 0.479. The van der Waals surface area contributed by atoms with Crippen molar-refractivity contribution in [3.05, 3.63) is 64.4 Å². The molecule has 1 atom stereocenters. The van der Waals surface area contributed by atoms with Crippen LogP contribution in [0, 0.1) is 18.6 Å². The molecule has 34 heavy (non-hydrogen) atoms. The summed E-state index contributed by atoms with van der Waals surface area (Å²) in [5, 5.41) is 10.1. The van der Waals surface area contributed by atoms with Gasteiger partial charge < -0.3 is 20.9 Å². The van der Waals surface area contributed by atoms with E-state index in [2.05, 4.69) is 25.9 Å². The third kappa shape index (κ3) is 4.52. The molecule has 2 aliphatic rings. The lowest BCUT2D eigenvalue weighted by Crippen LogP contribution is -2.38. The van der Waals surface area contributed by atoms with E-state index >= 15 is 0 Å². The van der Waals surface area contributed by atoms with Crippen molar-refractivity contribution in [2.75, 3.05) is 41.7 Å². The smallest absolute Gasteiger partial charge is 0.149 e. The molecule has 5 rings (SSSR count). The Morgan fingerprint density at radius 1 is 1.18 bits per heavy atom. The van der Waals surface area contributed by atoms with Gasteiger partial charge in [-0.3, -0.25) is 0 Å². The zero-order chi connectivity index (χ0) is 23.7. The third-order valence-corrected chi connectivity index (χ3v) is 6.91. The number of fused-ring (bicyclic) bond motifs is 1. The molecule has 0 amide bonds. The van der Waals surface area contributed by atoms with Gasteiger partial charge in [0.15, 0.2) is 0 Å². The second kappa shape index (κ2) is 9.72. The van der Waals surface area contributed by atoms with E-state index in [1.807, 2.05) is 30.2 Å². The Morgan fingerprint density at radius 2 is 2.03 bits per heavy atom. The van der Waals surface area contributed by atoms with Crippen LogP contribution in [0.3, 0.4) is 0 Å². The summed E-state index contributed by atoms with van der Waals surface area (Å²) < 4.78 is 28.5. The summed E-state index contributed by atoms with van der Waals surface area (Å²) in [7, 11) is 0. The Labute approximate surface area is 202 Å². The van der Waals surface area contributed by atoms with E-state index in [9.17, 15) is 8.78 Å². The molecule has 6 nitrogen and oxygen atoms in total. The maximum absolute atomic E-state index is 14.5. The molecular formula is C25H27ClF2N6. The summed E-state index contributed by atoms with van der Waals surface area (Å²) in [6, 6.07) is 6.52. The number of benzene rings is 1. The molecule has 2 aliphatic heterocycles. The number of pyridine rings is 2. The summed E-state index contributed by atoms with van der Waals surface area (Å²) in [5.41, 5.74) is 3.98. The molecule has 1 aromatic carbocycles. The second-order valence-electron chi connectivity index (χ2n) is 8.78. The summed E-state index contributed by atoms with van der Waals surface area (Å²) in [6.45, 7) is 5.42. The van der Waals surface area contributed by atoms with Crippen LogP contribution in [0.15, 0.2) is 36.7 Å². The van der Waals surface area contributed by atoms with Crippen LogP contribution in [0.1, 0.15) is 24.0 Å². The van der Waals surface area contributed by atoms with E-state index in [1.165, 1.54) is 0 Å². The van der Waals surface area contributed by atoms with Gasteiger partial charge in [-0.05, 0) is 61.7 Å². The van der Waals surface area contributed by atoms with Crippen molar-refractivity contribution >= 4 is 28.9 Å². The van der Waals surface area contributed by atoms with E-state index < -0.39 is 11.6 Å². The van der Waals surface area contributed by atoms with Crippen molar-refractivity contribution < 1.29 is 8.78 Å². The van der Waals surface area contributed by atoms with Crippen LogP contribution in [0.25, 0.3) is 11.1 Å². The van der Waals surface area contributed by atoms with Gasteiger partial charge >= 0.3 is 0 Å². The van der Waals surface area contributed by atoms with Gasteiger partial charge in [-0.2, -0.15) is 0 Å². The molecule has 1 fully saturated rings. The Bertz CT molecular complexity index is 1200. The largest absolute Gasteiger partial charge is 0.367 e. The number of hydrogen-bond acceptors (Lipinski definition) is 6. The Hall–Kier alpha value is -2.97. The Balaban J connectivity index is 1.47. The van der Waals surface area contributed by atoms with Crippen LogP contribution in [0.5, 0.6) is 0 Å². The number of nitrogens with one attached hydrogen (secondary N) is 3. The average molecular weight is 485 g/mol. The molecule has 1 saturated heterocycles. The maximum Gasteiger partial charge on any atom is 0.149 e. The third-order valence-electron chi connectivity index (χ3n) is 6.50. The van der Waals surface area contributed by atoms with E-state index in [1.54, 1.807) is 6.20 Å². The van der Waals surface area contributed by atoms with Crippen LogP contribution in [-0.4, -0.2) is 42.2 Å². The normalized spacial score (nSPS) is 17.8. The predicted octanol–water partition coefficient (Wildman–Crippen LogP) is 4.98. The summed E-state index contributed by atoms with van der Waals surface area (Å²) in [5.74, 6) is 0.408. The van der Waals surface area contributed by atoms with E-state index in [0.29, 0.717) is 19.1 Å². The van der Waals surface area contributed by atoms with Gasteiger partial charge in [0, 0.05) is 55.7 Å². The molecule has 4 heterocycles. The monoisotopic (exact) mass is 484 g/mol. The second-order valence-corrected chi connectivity index (χ2v) is 9.16. The lowest BCUT2D eigenvalue weighted by atomic mass is 10.00. The number of nitrogens with zero attached hydrogens (tertiary/aromatic N) is 3. The van der Waals surface area contributed by atoms with E-state index in [-0.39, 0.29) is 17.1 Å². The van der Waals surface area contributed by atoms with Gasteiger partial charge in [-0.1, -0.05) is 11.6 Å².